The van der Waals surface area contributed by atoms with Gasteiger partial charge < -0.3 is 14.5 Å². The number of hydrogen-bond acceptors (Lipinski definition) is 5. The summed E-state index contributed by atoms with van der Waals surface area (Å²) in [5.41, 5.74) is 3.33. The summed E-state index contributed by atoms with van der Waals surface area (Å²) in [6, 6.07) is 8.12. The number of piperazine rings is 1. The predicted octanol–water partition coefficient (Wildman–Crippen LogP) is 3.71. The van der Waals surface area contributed by atoms with Crippen LogP contribution in [0.25, 0.3) is 16.9 Å². The van der Waals surface area contributed by atoms with E-state index in [9.17, 15) is 14.0 Å². The number of carbonyl (C=O) groups excluding carboxylic acids is 2. The summed E-state index contributed by atoms with van der Waals surface area (Å²) in [6.45, 7) is 9.43. The number of ether oxygens (including phenoxy) is 1. The minimum atomic E-state index is -0.437. The van der Waals surface area contributed by atoms with Crippen LogP contribution in [0.2, 0.25) is 0 Å². The highest BCUT2D eigenvalue weighted by Crippen LogP contribution is 2.28. The minimum Gasteiger partial charge on any atom is -0.343 e. The molecule has 8 nitrogen and oxygen atoms in total. The highest BCUT2D eigenvalue weighted by molar-refractivity contribution is 5.93. The number of rotatable bonds is 5. The van der Waals surface area contributed by atoms with Crippen molar-refractivity contribution in [1.82, 2.24) is 24.4 Å². The Kier molecular flexibility index (Phi) is 6.04. The Morgan fingerprint density at radius 2 is 1.91 bits per heavy atom. The smallest absolute Gasteiger partial charge is 0.274 e. The van der Waals surface area contributed by atoms with E-state index in [2.05, 4.69) is 37.8 Å². The third kappa shape index (κ3) is 4.40. The fourth-order valence-corrected chi connectivity index (χ4v) is 4.77. The number of fused-ring (bicyclic) bond motifs is 2. The molecule has 3 aromatic rings. The average molecular weight is 480 g/mol. The molecule has 2 aromatic heterocycles. The van der Waals surface area contributed by atoms with Gasteiger partial charge in [0.25, 0.3) is 11.8 Å². The van der Waals surface area contributed by atoms with Crippen LogP contribution < -0.4 is 0 Å². The number of imidazole rings is 1. The number of carbonyl (C=O) groups is 2. The Balaban J connectivity index is 1.41. The van der Waals surface area contributed by atoms with Crippen molar-refractivity contribution >= 4 is 17.5 Å². The molecule has 184 valence electrons. The van der Waals surface area contributed by atoms with Gasteiger partial charge >= 0.3 is 0 Å². The van der Waals surface area contributed by atoms with Gasteiger partial charge in [-0.3, -0.25) is 9.59 Å². The molecule has 2 amide bonds. The molecule has 4 heterocycles. The highest BCUT2D eigenvalue weighted by Gasteiger charge is 2.44. The average Bonchev–Trinajstić information content (AvgIpc) is 3.38. The Labute approximate surface area is 203 Å². The molecule has 1 aromatic carbocycles. The van der Waals surface area contributed by atoms with E-state index in [-0.39, 0.29) is 23.5 Å². The molecule has 5 rings (SSSR count). The monoisotopic (exact) mass is 479 g/mol. The van der Waals surface area contributed by atoms with Gasteiger partial charge in [-0.1, -0.05) is 27.7 Å². The maximum atomic E-state index is 13.4. The Hall–Kier alpha value is -3.33. The number of hydrogen-bond donors (Lipinski definition) is 0. The first-order valence-corrected chi connectivity index (χ1v) is 12.1. The van der Waals surface area contributed by atoms with Crippen LogP contribution in [0.1, 0.15) is 56.1 Å². The van der Waals surface area contributed by atoms with E-state index in [0.29, 0.717) is 49.0 Å². The molecule has 2 aliphatic heterocycles. The van der Waals surface area contributed by atoms with Gasteiger partial charge in [0.2, 0.25) is 0 Å². The van der Waals surface area contributed by atoms with Gasteiger partial charge in [-0.2, -0.15) is 5.10 Å². The van der Waals surface area contributed by atoms with Crippen LogP contribution in [0, 0.1) is 11.7 Å². The molecule has 35 heavy (non-hydrogen) atoms. The van der Waals surface area contributed by atoms with Gasteiger partial charge in [-0.05, 0) is 48.6 Å². The van der Waals surface area contributed by atoms with Gasteiger partial charge in [0.15, 0.2) is 11.9 Å². The van der Waals surface area contributed by atoms with Crippen LogP contribution in [0.3, 0.4) is 0 Å². The lowest BCUT2D eigenvalue weighted by Gasteiger charge is -2.35. The molecule has 0 aliphatic carbocycles. The van der Waals surface area contributed by atoms with Crippen molar-refractivity contribution in [3.63, 3.8) is 0 Å². The third-order valence-electron chi connectivity index (χ3n) is 6.62. The van der Waals surface area contributed by atoms with Crippen LogP contribution in [-0.4, -0.2) is 68.2 Å². The van der Waals surface area contributed by atoms with Gasteiger partial charge in [0, 0.05) is 24.2 Å². The first-order chi connectivity index (χ1) is 16.7. The largest absolute Gasteiger partial charge is 0.343 e. The highest BCUT2D eigenvalue weighted by atomic mass is 19.1. The summed E-state index contributed by atoms with van der Waals surface area (Å²) in [4.78, 5) is 34.1. The summed E-state index contributed by atoms with van der Waals surface area (Å²) in [5, 5.41) is 4.65. The second kappa shape index (κ2) is 9.03. The quantitative estimate of drug-likeness (QED) is 0.557. The standard InChI is InChI=1S/C26H30FN5O3/c1-15(2)11-22-26(34)31-10-9-30(14-23(31)35-22)25(33)21-13-32-24(28-21)19(16(3)4)12-20(29-32)17-5-7-18(27)8-6-17/h5-8,12-13,15-16,22-23H,9-11,14H2,1-4H3/t22?,23-/m0/s1. The van der Waals surface area contributed by atoms with Crippen LogP contribution in [-0.2, 0) is 9.53 Å². The SMILES string of the molecule is CC(C)CC1O[C@H]2CN(C(=O)c3cn4nc(-c5ccc(F)cc5)cc(C(C)C)c4n3)CCN2C1=O. The molecule has 0 radical (unpaired) electrons. The first-order valence-electron chi connectivity index (χ1n) is 12.1. The third-order valence-corrected chi connectivity index (χ3v) is 6.62. The molecule has 0 saturated carbocycles. The number of nitrogens with zero attached hydrogens (tertiary/aromatic N) is 5. The molecular weight excluding hydrogens is 449 g/mol. The number of aromatic nitrogens is 3. The second-order valence-electron chi connectivity index (χ2n) is 10.0. The fourth-order valence-electron chi connectivity index (χ4n) is 4.77. The second-order valence-corrected chi connectivity index (χ2v) is 10.0. The van der Waals surface area contributed by atoms with E-state index in [4.69, 9.17) is 4.74 Å². The van der Waals surface area contributed by atoms with Crippen LogP contribution in [0.4, 0.5) is 4.39 Å². The van der Waals surface area contributed by atoms with Gasteiger partial charge in [-0.15, -0.1) is 0 Å². The first kappa shape index (κ1) is 23.4. The lowest BCUT2D eigenvalue weighted by molar-refractivity contribution is -0.131. The lowest BCUT2D eigenvalue weighted by Crippen LogP contribution is -2.53. The topological polar surface area (TPSA) is 80.0 Å². The molecule has 0 N–H and O–H groups in total. The van der Waals surface area contributed by atoms with Gasteiger partial charge in [0.05, 0.1) is 18.4 Å². The molecule has 2 aliphatic rings. The molecule has 0 spiro atoms. The zero-order chi connectivity index (χ0) is 24.9. The molecule has 9 heteroatoms. The number of benzene rings is 1. The van der Waals surface area contributed by atoms with Crippen molar-refractivity contribution in [2.75, 3.05) is 19.6 Å². The molecular formula is C26H30FN5O3. The summed E-state index contributed by atoms with van der Waals surface area (Å²) < 4.78 is 21.0. The molecule has 2 atom stereocenters. The van der Waals surface area contributed by atoms with Crippen LogP contribution in [0.5, 0.6) is 0 Å². The maximum Gasteiger partial charge on any atom is 0.274 e. The summed E-state index contributed by atoms with van der Waals surface area (Å²) in [5.74, 6) is -0.00924. The van der Waals surface area contributed by atoms with E-state index >= 15 is 0 Å². The van der Waals surface area contributed by atoms with Crippen molar-refractivity contribution in [3.8, 4) is 11.3 Å². The van der Waals surface area contributed by atoms with Crippen molar-refractivity contribution < 1.29 is 18.7 Å². The molecule has 1 unspecified atom stereocenters. The van der Waals surface area contributed by atoms with E-state index in [1.54, 1.807) is 32.6 Å². The van der Waals surface area contributed by atoms with Crippen LogP contribution in [0.15, 0.2) is 36.5 Å². The summed E-state index contributed by atoms with van der Waals surface area (Å²) in [6.07, 6.45) is 1.46. The molecule has 2 saturated heterocycles. The number of amides is 2. The van der Waals surface area contributed by atoms with Crippen molar-refractivity contribution in [1.29, 1.82) is 0 Å². The molecule has 0 bridgehead atoms. The molecule has 2 fully saturated rings. The van der Waals surface area contributed by atoms with Crippen molar-refractivity contribution in [2.45, 2.75) is 52.4 Å². The number of halogens is 1. The Morgan fingerprint density at radius 1 is 1.17 bits per heavy atom. The van der Waals surface area contributed by atoms with E-state index in [1.807, 2.05) is 6.07 Å². The zero-order valence-corrected chi connectivity index (χ0v) is 20.4. The summed E-state index contributed by atoms with van der Waals surface area (Å²) in [7, 11) is 0. The van der Waals surface area contributed by atoms with E-state index in [0.717, 1.165) is 11.1 Å². The van der Waals surface area contributed by atoms with Crippen LogP contribution >= 0.6 is 0 Å². The van der Waals surface area contributed by atoms with E-state index < -0.39 is 12.3 Å². The van der Waals surface area contributed by atoms with Crippen molar-refractivity contribution in [3.05, 3.63) is 53.6 Å². The van der Waals surface area contributed by atoms with Crippen molar-refractivity contribution in [2.24, 2.45) is 5.92 Å². The normalized spacial score (nSPS) is 20.4. The van der Waals surface area contributed by atoms with E-state index in [1.165, 1.54) is 12.1 Å². The zero-order valence-electron chi connectivity index (χ0n) is 20.4. The minimum absolute atomic E-state index is 0.0163. The summed E-state index contributed by atoms with van der Waals surface area (Å²) >= 11 is 0. The fraction of sp³-hybridized carbons (Fsp3) is 0.462. The van der Waals surface area contributed by atoms with Gasteiger partial charge in [-0.25, -0.2) is 13.9 Å². The van der Waals surface area contributed by atoms with Gasteiger partial charge in [0.1, 0.15) is 17.6 Å². The maximum absolute atomic E-state index is 13.4. The Morgan fingerprint density at radius 3 is 2.60 bits per heavy atom. The predicted molar refractivity (Wildman–Crippen MR) is 128 cm³/mol. The Bertz CT molecular complexity index is 1270. The lowest BCUT2D eigenvalue weighted by atomic mass is 10.0.